The van der Waals surface area contributed by atoms with Gasteiger partial charge in [-0.3, -0.25) is 19.2 Å². The van der Waals surface area contributed by atoms with Crippen LogP contribution in [0.1, 0.15) is 46.7 Å². The first kappa shape index (κ1) is 21.1. The molecule has 1 aromatic carbocycles. The number of hydrogen-bond acceptors (Lipinski definition) is 5. The Morgan fingerprint density at radius 1 is 1.16 bits per heavy atom. The minimum Gasteiger partial charge on any atom is -0.359 e. The van der Waals surface area contributed by atoms with Crippen molar-refractivity contribution < 1.29 is 14.4 Å². The highest BCUT2D eigenvalue weighted by Gasteiger charge is 2.32. The summed E-state index contributed by atoms with van der Waals surface area (Å²) in [6.45, 7) is 5.31. The lowest BCUT2D eigenvalue weighted by Crippen LogP contribution is -2.47. The number of halogens is 1. The summed E-state index contributed by atoms with van der Waals surface area (Å²) >= 11 is 6.37. The lowest BCUT2D eigenvalue weighted by molar-refractivity contribution is -0.120. The van der Waals surface area contributed by atoms with Crippen LogP contribution >= 0.6 is 11.6 Å². The van der Waals surface area contributed by atoms with Crippen molar-refractivity contribution in [3.63, 3.8) is 0 Å². The van der Waals surface area contributed by atoms with Gasteiger partial charge in [0.2, 0.25) is 5.91 Å². The molecule has 1 aliphatic carbocycles. The highest BCUT2D eigenvalue weighted by Crippen LogP contribution is 2.33. The van der Waals surface area contributed by atoms with Crippen LogP contribution in [-0.2, 0) is 11.2 Å². The van der Waals surface area contributed by atoms with Crippen molar-refractivity contribution in [3.8, 4) is 0 Å². The number of carbonyl (C=O) groups excluding carboxylic acids is 3. The average Bonchev–Trinajstić information content (AvgIpc) is 2.66. The second-order valence-electron chi connectivity index (χ2n) is 8.74. The van der Waals surface area contributed by atoms with Crippen LogP contribution in [-0.4, -0.2) is 42.2 Å². The molecule has 162 valence electrons. The van der Waals surface area contributed by atoms with E-state index in [2.05, 4.69) is 15.6 Å². The molecule has 0 spiro atoms. The summed E-state index contributed by atoms with van der Waals surface area (Å²) in [6, 6.07) is 6.33. The smallest absolute Gasteiger partial charge is 0.261 e. The molecule has 2 amide bonds. The number of ketones is 1. The molecule has 1 aliphatic heterocycles. The molecule has 1 aromatic heterocycles. The normalized spacial score (nSPS) is 17.7. The molecule has 4 rings (SSSR count). The number of aromatic nitrogens is 1. The fourth-order valence-electron chi connectivity index (χ4n) is 4.08. The Labute approximate surface area is 184 Å². The summed E-state index contributed by atoms with van der Waals surface area (Å²) in [5.74, 6) is -0.790. The number of anilines is 2. The molecule has 0 atom stereocenters. The topological polar surface area (TPSA) is 111 Å². The van der Waals surface area contributed by atoms with Gasteiger partial charge in [0.05, 0.1) is 17.3 Å². The Kier molecular flexibility index (Phi) is 5.35. The third-order valence-electron chi connectivity index (χ3n) is 5.55. The van der Waals surface area contributed by atoms with Gasteiger partial charge in [-0.25, -0.2) is 0 Å². The van der Waals surface area contributed by atoms with Gasteiger partial charge in [-0.1, -0.05) is 25.4 Å². The quantitative estimate of drug-likeness (QED) is 0.675. The molecule has 0 radical (unpaired) electrons. The van der Waals surface area contributed by atoms with E-state index in [1.807, 2.05) is 18.7 Å². The fourth-order valence-corrected chi connectivity index (χ4v) is 4.38. The Morgan fingerprint density at radius 3 is 2.65 bits per heavy atom. The monoisotopic (exact) mass is 442 g/mol. The zero-order valence-corrected chi connectivity index (χ0v) is 18.1. The van der Waals surface area contributed by atoms with Crippen molar-refractivity contribution in [2.75, 3.05) is 29.9 Å². The first-order valence-electron chi connectivity index (χ1n) is 10.0. The molecule has 2 aromatic rings. The van der Waals surface area contributed by atoms with Gasteiger partial charge in [-0.2, -0.15) is 0 Å². The van der Waals surface area contributed by atoms with Crippen LogP contribution in [0.15, 0.2) is 29.1 Å². The van der Waals surface area contributed by atoms with Gasteiger partial charge in [0.15, 0.2) is 5.78 Å². The molecule has 31 heavy (non-hydrogen) atoms. The van der Waals surface area contributed by atoms with Crippen molar-refractivity contribution in [2.24, 2.45) is 5.41 Å². The van der Waals surface area contributed by atoms with E-state index in [9.17, 15) is 19.2 Å². The molecule has 2 aliphatic rings. The van der Waals surface area contributed by atoms with Crippen LogP contribution in [0, 0.1) is 5.41 Å². The van der Waals surface area contributed by atoms with Crippen molar-refractivity contribution in [1.82, 2.24) is 10.3 Å². The highest BCUT2D eigenvalue weighted by atomic mass is 35.5. The first-order chi connectivity index (χ1) is 14.6. The largest absolute Gasteiger partial charge is 0.359 e. The first-order valence-corrected chi connectivity index (χ1v) is 10.4. The lowest BCUT2D eigenvalue weighted by atomic mass is 9.75. The van der Waals surface area contributed by atoms with Gasteiger partial charge in [-0.05, 0) is 36.1 Å². The molecule has 3 N–H and O–H groups in total. The zero-order valence-electron chi connectivity index (χ0n) is 17.3. The predicted octanol–water partition coefficient (Wildman–Crippen LogP) is 2.37. The number of carbonyl (C=O) groups is 3. The molecular weight excluding hydrogens is 420 g/mol. The number of piperazine rings is 1. The molecule has 2 heterocycles. The summed E-state index contributed by atoms with van der Waals surface area (Å²) in [4.78, 5) is 53.9. The van der Waals surface area contributed by atoms with E-state index in [1.165, 1.54) is 6.07 Å². The van der Waals surface area contributed by atoms with Crippen LogP contribution in [0.3, 0.4) is 0 Å². The second-order valence-corrected chi connectivity index (χ2v) is 9.14. The SMILES string of the molecule is CC1(C)CC(=O)c2cc(C(=O)Nc3ccc(N4CCNC(=O)C4)c(Cl)c3)c(=O)[nH]c2C1. The number of Topliss-reactive ketones (excluding diaryl/α,β-unsaturated/α-hetero) is 1. The van der Waals surface area contributed by atoms with Gasteiger partial charge in [0.1, 0.15) is 5.56 Å². The summed E-state index contributed by atoms with van der Waals surface area (Å²) < 4.78 is 0. The number of nitrogens with one attached hydrogen (secondary N) is 3. The van der Waals surface area contributed by atoms with Crippen LogP contribution in [0.2, 0.25) is 5.02 Å². The Hall–Kier alpha value is -3.13. The summed E-state index contributed by atoms with van der Waals surface area (Å²) in [7, 11) is 0. The van der Waals surface area contributed by atoms with Crippen molar-refractivity contribution in [3.05, 3.63) is 56.5 Å². The maximum Gasteiger partial charge on any atom is 0.261 e. The number of benzene rings is 1. The molecule has 9 heteroatoms. The van der Waals surface area contributed by atoms with E-state index in [0.717, 1.165) is 0 Å². The van der Waals surface area contributed by atoms with Crippen LogP contribution in [0.5, 0.6) is 0 Å². The van der Waals surface area contributed by atoms with Crippen LogP contribution < -0.4 is 21.1 Å². The van der Waals surface area contributed by atoms with E-state index in [1.54, 1.807) is 18.2 Å². The standard InChI is InChI=1S/C22H23ClN4O4/c1-22(2)9-16-13(18(28)10-22)8-14(21(31)26-16)20(30)25-12-3-4-17(15(23)7-12)27-6-5-24-19(29)11-27/h3-4,7-8H,5-6,9-11H2,1-2H3,(H,24,29)(H,25,30)(H,26,31). The summed E-state index contributed by atoms with van der Waals surface area (Å²) in [5.41, 5.74) is 1.16. The highest BCUT2D eigenvalue weighted by molar-refractivity contribution is 6.33. The third kappa shape index (κ3) is 4.34. The molecule has 8 nitrogen and oxygen atoms in total. The van der Waals surface area contributed by atoms with Gasteiger partial charge in [0.25, 0.3) is 11.5 Å². The van der Waals surface area contributed by atoms with Crippen LogP contribution in [0.4, 0.5) is 11.4 Å². The van der Waals surface area contributed by atoms with E-state index in [-0.39, 0.29) is 29.2 Å². The number of fused-ring (bicyclic) bond motifs is 1. The minimum atomic E-state index is -0.622. The molecular formula is C22H23ClN4O4. The molecule has 0 unspecified atom stereocenters. The summed E-state index contributed by atoms with van der Waals surface area (Å²) in [6.07, 6.45) is 0.926. The zero-order chi connectivity index (χ0) is 22.3. The Bertz CT molecular complexity index is 1150. The maximum absolute atomic E-state index is 12.7. The second kappa shape index (κ2) is 7.85. The van der Waals surface area contributed by atoms with Gasteiger partial charge < -0.3 is 20.5 Å². The lowest BCUT2D eigenvalue weighted by Gasteiger charge is -2.29. The number of aromatic amines is 1. The van der Waals surface area contributed by atoms with Gasteiger partial charge in [0, 0.05) is 36.5 Å². The van der Waals surface area contributed by atoms with Crippen LogP contribution in [0.25, 0.3) is 0 Å². The van der Waals surface area contributed by atoms with E-state index >= 15 is 0 Å². The number of rotatable bonds is 3. The van der Waals surface area contributed by atoms with Gasteiger partial charge in [-0.15, -0.1) is 0 Å². The van der Waals surface area contributed by atoms with Gasteiger partial charge >= 0.3 is 0 Å². The number of nitrogens with zero attached hydrogens (tertiary/aromatic N) is 1. The minimum absolute atomic E-state index is 0.0794. The Morgan fingerprint density at radius 2 is 1.94 bits per heavy atom. The van der Waals surface area contributed by atoms with Crippen molar-refractivity contribution >= 4 is 40.6 Å². The third-order valence-corrected chi connectivity index (χ3v) is 5.85. The number of hydrogen-bond donors (Lipinski definition) is 3. The van der Waals surface area contributed by atoms with E-state index < -0.39 is 11.5 Å². The Balaban J connectivity index is 1.56. The predicted molar refractivity (Wildman–Crippen MR) is 118 cm³/mol. The maximum atomic E-state index is 12.7. The number of amides is 2. The molecule has 1 saturated heterocycles. The molecule has 1 fully saturated rings. The average molecular weight is 443 g/mol. The number of pyridine rings is 1. The number of H-pyrrole nitrogens is 1. The van der Waals surface area contributed by atoms with Crippen molar-refractivity contribution in [2.45, 2.75) is 26.7 Å². The van der Waals surface area contributed by atoms with Crippen molar-refractivity contribution in [1.29, 1.82) is 0 Å². The molecule has 0 bridgehead atoms. The van der Waals surface area contributed by atoms with E-state index in [4.69, 9.17) is 11.6 Å². The van der Waals surface area contributed by atoms with E-state index in [0.29, 0.717) is 53.6 Å². The fraction of sp³-hybridized carbons (Fsp3) is 0.364. The molecule has 0 saturated carbocycles. The summed E-state index contributed by atoms with van der Waals surface area (Å²) in [5, 5.41) is 5.80.